The molecule has 2 aromatic rings. The maximum absolute atomic E-state index is 6.43. The minimum Gasteiger partial charge on any atom is -0.496 e. The van der Waals surface area contributed by atoms with E-state index in [0.29, 0.717) is 0 Å². The summed E-state index contributed by atoms with van der Waals surface area (Å²) in [5.41, 5.74) is 2.09. The minimum absolute atomic E-state index is 0.225. The molecule has 0 fully saturated rings. The fourth-order valence-electron chi connectivity index (χ4n) is 1.63. The van der Waals surface area contributed by atoms with Gasteiger partial charge in [-0.05, 0) is 35.6 Å². The molecule has 0 N–H and O–H groups in total. The molecule has 1 atom stereocenters. The van der Waals surface area contributed by atoms with Gasteiger partial charge < -0.3 is 4.74 Å². The zero-order valence-electron chi connectivity index (χ0n) is 9.54. The van der Waals surface area contributed by atoms with Crippen molar-refractivity contribution in [3.63, 3.8) is 0 Å². The maximum Gasteiger partial charge on any atom is 0.122 e. The first-order chi connectivity index (χ1) is 8.13. The highest BCUT2D eigenvalue weighted by molar-refractivity contribution is 7.11. The quantitative estimate of drug-likeness (QED) is 0.718. The third-order valence-electron chi connectivity index (χ3n) is 2.60. The predicted molar refractivity (Wildman–Crippen MR) is 74.8 cm³/mol. The highest BCUT2D eigenvalue weighted by atomic mass is 35.5. The number of thiophene rings is 1. The monoisotopic (exact) mass is 286 g/mol. The average Bonchev–Trinajstić information content (AvgIpc) is 2.75. The van der Waals surface area contributed by atoms with Crippen LogP contribution in [0.2, 0.25) is 5.02 Å². The van der Waals surface area contributed by atoms with Crippen LogP contribution in [0.15, 0.2) is 29.6 Å². The predicted octanol–water partition coefficient (Wildman–Crippen LogP) is 5.05. The molecule has 4 heteroatoms. The molecule has 0 aliphatic heterocycles. The fraction of sp³-hybridized carbons (Fsp3) is 0.231. The lowest BCUT2D eigenvalue weighted by atomic mass is 10.1. The van der Waals surface area contributed by atoms with Gasteiger partial charge in [-0.1, -0.05) is 23.7 Å². The highest BCUT2D eigenvalue weighted by Gasteiger charge is 2.16. The molecule has 90 valence electrons. The normalized spacial score (nSPS) is 12.5. The molecule has 0 amide bonds. The van der Waals surface area contributed by atoms with Crippen molar-refractivity contribution in [3.8, 4) is 5.75 Å². The van der Waals surface area contributed by atoms with Crippen molar-refractivity contribution < 1.29 is 4.74 Å². The van der Waals surface area contributed by atoms with Gasteiger partial charge in [-0.2, -0.15) is 0 Å². The van der Waals surface area contributed by atoms with Crippen molar-refractivity contribution in [1.29, 1.82) is 0 Å². The Kier molecular flexibility index (Phi) is 3.97. The van der Waals surface area contributed by atoms with E-state index in [1.807, 2.05) is 36.6 Å². The zero-order chi connectivity index (χ0) is 12.4. The third kappa shape index (κ3) is 2.59. The molecule has 17 heavy (non-hydrogen) atoms. The van der Waals surface area contributed by atoms with E-state index in [2.05, 4.69) is 0 Å². The summed E-state index contributed by atoms with van der Waals surface area (Å²) in [6.45, 7) is 2.00. The molecular formula is C13H12Cl2OS. The molecule has 1 heterocycles. The van der Waals surface area contributed by atoms with Gasteiger partial charge in [0.15, 0.2) is 0 Å². The number of halogens is 2. The third-order valence-corrected chi connectivity index (χ3v) is 4.62. The molecule has 2 rings (SSSR count). The Balaban J connectivity index is 2.38. The molecule has 0 aliphatic rings. The van der Waals surface area contributed by atoms with Gasteiger partial charge in [-0.15, -0.1) is 22.9 Å². The minimum atomic E-state index is -0.225. The van der Waals surface area contributed by atoms with Crippen LogP contribution in [0.4, 0.5) is 0 Å². The van der Waals surface area contributed by atoms with E-state index >= 15 is 0 Å². The molecule has 0 spiro atoms. The van der Waals surface area contributed by atoms with Gasteiger partial charge in [-0.3, -0.25) is 0 Å². The summed E-state index contributed by atoms with van der Waals surface area (Å²) in [6.07, 6.45) is 0. The molecule has 0 aliphatic carbocycles. The lowest BCUT2D eigenvalue weighted by Gasteiger charge is -2.12. The van der Waals surface area contributed by atoms with Gasteiger partial charge in [0.1, 0.15) is 5.75 Å². The van der Waals surface area contributed by atoms with E-state index in [0.717, 1.165) is 26.8 Å². The Morgan fingerprint density at radius 2 is 2.06 bits per heavy atom. The largest absolute Gasteiger partial charge is 0.496 e. The molecular weight excluding hydrogens is 275 g/mol. The van der Waals surface area contributed by atoms with Crippen molar-refractivity contribution in [3.05, 3.63) is 50.7 Å². The smallest absolute Gasteiger partial charge is 0.122 e. The second kappa shape index (κ2) is 5.30. The lowest BCUT2D eigenvalue weighted by molar-refractivity contribution is 0.411. The van der Waals surface area contributed by atoms with Crippen LogP contribution in [0, 0.1) is 6.92 Å². The number of hydrogen-bond donors (Lipinski definition) is 0. The number of methoxy groups -OCH3 is 1. The van der Waals surface area contributed by atoms with Gasteiger partial charge in [0.05, 0.1) is 17.5 Å². The Morgan fingerprint density at radius 1 is 1.29 bits per heavy atom. The van der Waals surface area contributed by atoms with E-state index in [-0.39, 0.29) is 5.38 Å². The first-order valence-corrected chi connectivity index (χ1v) is 6.84. The van der Waals surface area contributed by atoms with Crippen molar-refractivity contribution >= 4 is 34.5 Å². The summed E-state index contributed by atoms with van der Waals surface area (Å²) in [7, 11) is 1.66. The maximum atomic E-state index is 6.43. The summed E-state index contributed by atoms with van der Waals surface area (Å²) in [5.74, 6) is 0.848. The lowest BCUT2D eigenvalue weighted by Crippen LogP contribution is -1.94. The molecule has 0 saturated carbocycles. The van der Waals surface area contributed by atoms with Crippen LogP contribution >= 0.6 is 34.5 Å². The molecule has 1 unspecified atom stereocenters. The van der Waals surface area contributed by atoms with Crippen LogP contribution < -0.4 is 4.74 Å². The van der Waals surface area contributed by atoms with Gasteiger partial charge in [0, 0.05) is 4.88 Å². The molecule has 1 aromatic heterocycles. The summed E-state index contributed by atoms with van der Waals surface area (Å²) >= 11 is 14.1. The fourth-order valence-corrected chi connectivity index (χ4v) is 3.26. The number of hydrogen-bond acceptors (Lipinski definition) is 2. The van der Waals surface area contributed by atoms with Crippen LogP contribution in [-0.4, -0.2) is 7.11 Å². The van der Waals surface area contributed by atoms with Crippen LogP contribution in [0.5, 0.6) is 5.75 Å². The first kappa shape index (κ1) is 12.7. The molecule has 0 bridgehead atoms. The number of rotatable bonds is 3. The summed E-state index contributed by atoms with van der Waals surface area (Å²) in [6, 6.07) is 7.84. The van der Waals surface area contributed by atoms with E-state index in [4.69, 9.17) is 27.9 Å². The van der Waals surface area contributed by atoms with Crippen molar-refractivity contribution in [2.24, 2.45) is 0 Å². The van der Waals surface area contributed by atoms with Crippen molar-refractivity contribution in [2.45, 2.75) is 12.3 Å². The standard InChI is InChI=1S/C13H12Cl2OS/c1-8-3-4-9(7-11(8)16-2)12(15)13-10(14)5-6-17-13/h3-7,12H,1-2H3. The molecule has 0 saturated heterocycles. The van der Waals surface area contributed by atoms with Gasteiger partial charge in [-0.25, -0.2) is 0 Å². The van der Waals surface area contributed by atoms with Crippen LogP contribution in [0.25, 0.3) is 0 Å². The second-order valence-corrected chi connectivity index (χ2v) is 5.52. The van der Waals surface area contributed by atoms with Gasteiger partial charge in [0.25, 0.3) is 0 Å². The van der Waals surface area contributed by atoms with E-state index in [1.165, 1.54) is 0 Å². The molecule has 1 aromatic carbocycles. The number of aryl methyl sites for hydroxylation is 1. The Bertz CT molecular complexity index is 522. The molecule has 1 nitrogen and oxygen atoms in total. The molecule has 0 radical (unpaired) electrons. The van der Waals surface area contributed by atoms with Crippen molar-refractivity contribution in [2.75, 3.05) is 7.11 Å². The van der Waals surface area contributed by atoms with Gasteiger partial charge in [0.2, 0.25) is 0 Å². The van der Waals surface area contributed by atoms with Crippen LogP contribution in [0.3, 0.4) is 0 Å². The van der Waals surface area contributed by atoms with Gasteiger partial charge >= 0.3 is 0 Å². The van der Waals surface area contributed by atoms with Crippen molar-refractivity contribution in [1.82, 2.24) is 0 Å². The van der Waals surface area contributed by atoms with Crippen LogP contribution in [0.1, 0.15) is 21.4 Å². The topological polar surface area (TPSA) is 9.23 Å². The average molecular weight is 287 g/mol. The first-order valence-electron chi connectivity index (χ1n) is 5.15. The Morgan fingerprint density at radius 3 is 2.65 bits per heavy atom. The Labute approximate surface area is 115 Å². The van der Waals surface area contributed by atoms with Crippen LogP contribution in [-0.2, 0) is 0 Å². The van der Waals surface area contributed by atoms with E-state index < -0.39 is 0 Å². The number of alkyl halides is 1. The number of ether oxygens (including phenoxy) is 1. The summed E-state index contributed by atoms with van der Waals surface area (Å²) < 4.78 is 5.30. The zero-order valence-corrected chi connectivity index (χ0v) is 11.9. The summed E-state index contributed by atoms with van der Waals surface area (Å²) in [4.78, 5) is 0.972. The highest BCUT2D eigenvalue weighted by Crippen LogP contribution is 2.38. The van der Waals surface area contributed by atoms with E-state index in [9.17, 15) is 0 Å². The summed E-state index contributed by atoms with van der Waals surface area (Å²) in [5, 5.41) is 2.44. The SMILES string of the molecule is COc1cc(C(Cl)c2sccc2Cl)ccc1C. The van der Waals surface area contributed by atoms with E-state index in [1.54, 1.807) is 18.4 Å². The number of benzene rings is 1. The second-order valence-electron chi connectivity index (χ2n) is 3.72. The Hall–Kier alpha value is -0.700.